The molecule has 0 atom stereocenters. The number of hydrogen-bond donors (Lipinski definition) is 1. The van der Waals surface area contributed by atoms with Crippen molar-refractivity contribution in [2.24, 2.45) is 5.92 Å². The lowest BCUT2D eigenvalue weighted by atomic mass is 9.96. The minimum absolute atomic E-state index is 0.111. The number of hydrogen-bond acceptors (Lipinski definition) is 4. The normalized spacial score (nSPS) is 16.1. The van der Waals surface area contributed by atoms with Crippen molar-refractivity contribution in [3.05, 3.63) is 33.9 Å². The van der Waals surface area contributed by atoms with Gasteiger partial charge in [-0.05, 0) is 30.9 Å². The van der Waals surface area contributed by atoms with Crippen LogP contribution in [0.4, 0.5) is 24.5 Å². The molecule has 6 nitrogen and oxygen atoms in total. The number of nitrogens with zero attached hydrogens (tertiary/aromatic N) is 1. The van der Waals surface area contributed by atoms with Crippen LogP contribution in [0, 0.1) is 16.0 Å². The van der Waals surface area contributed by atoms with E-state index in [2.05, 4.69) is 5.32 Å². The molecule has 0 unspecified atom stereocenters. The van der Waals surface area contributed by atoms with Crippen LogP contribution in [-0.2, 0) is 15.7 Å². The summed E-state index contributed by atoms with van der Waals surface area (Å²) in [4.78, 5) is 21.5. The molecule has 1 fully saturated rings. The second-order valence-electron chi connectivity index (χ2n) is 5.29. The van der Waals surface area contributed by atoms with Gasteiger partial charge in [-0.3, -0.25) is 14.9 Å². The summed E-state index contributed by atoms with van der Waals surface area (Å²) < 4.78 is 43.8. The maximum absolute atomic E-state index is 12.9. The SMILES string of the molecule is O=C(CC1CCOCC1)Nc1ccc([N+](=O)[O-])c(C(F)(F)F)c1. The highest BCUT2D eigenvalue weighted by molar-refractivity contribution is 5.91. The van der Waals surface area contributed by atoms with Gasteiger partial charge < -0.3 is 10.1 Å². The minimum Gasteiger partial charge on any atom is -0.381 e. The van der Waals surface area contributed by atoms with Crippen LogP contribution < -0.4 is 5.32 Å². The summed E-state index contributed by atoms with van der Waals surface area (Å²) in [5, 5.41) is 13.0. The number of carbonyl (C=O) groups is 1. The lowest BCUT2D eigenvalue weighted by Gasteiger charge is -2.21. The Balaban J connectivity index is 2.10. The zero-order valence-electron chi connectivity index (χ0n) is 12.1. The van der Waals surface area contributed by atoms with Gasteiger partial charge in [-0.2, -0.15) is 13.2 Å². The largest absolute Gasteiger partial charge is 0.423 e. The van der Waals surface area contributed by atoms with Crippen molar-refractivity contribution in [3.8, 4) is 0 Å². The van der Waals surface area contributed by atoms with Crippen molar-refractivity contribution in [1.82, 2.24) is 0 Å². The zero-order chi connectivity index (χ0) is 17.0. The highest BCUT2D eigenvalue weighted by atomic mass is 19.4. The molecule has 1 aromatic carbocycles. The summed E-state index contributed by atoms with van der Waals surface area (Å²) in [6.07, 6.45) is -3.24. The van der Waals surface area contributed by atoms with E-state index in [4.69, 9.17) is 4.74 Å². The zero-order valence-corrected chi connectivity index (χ0v) is 12.1. The first-order valence-electron chi connectivity index (χ1n) is 7.00. The molecule has 1 saturated heterocycles. The number of benzene rings is 1. The van der Waals surface area contributed by atoms with Gasteiger partial charge in [0.15, 0.2) is 0 Å². The number of nitro groups is 1. The van der Waals surface area contributed by atoms with Crippen LogP contribution in [0.25, 0.3) is 0 Å². The van der Waals surface area contributed by atoms with E-state index < -0.39 is 28.3 Å². The number of carbonyl (C=O) groups excluding carboxylic acids is 1. The molecule has 1 amide bonds. The van der Waals surface area contributed by atoms with Crippen LogP contribution in [0.1, 0.15) is 24.8 Å². The molecule has 23 heavy (non-hydrogen) atoms. The van der Waals surface area contributed by atoms with Gasteiger partial charge in [0.1, 0.15) is 5.56 Å². The monoisotopic (exact) mass is 332 g/mol. The van der Waals surface area contributed by atoms with Crippen LogP contribution in [0.5, 0.6) is 0 Å². The molecule has 1 aliphatic heterocycles. The van der Waals surface area contributed by atoms with Crippen molar-refractivity contribution < 1.29 is 27.6 Å². The molecule has 0 saturated carbocycles. The maximum Gasteiger partial charge on any atom is 0.423 e. The van der Waals surface area contributed by atoms with E-state index >= 15 is 0 Å². The molecular weight excluding hydrogens is 317 g/mol. The topological polar surface area (TPSA) is 81.5 Å². The molecule has 1 aliphatic rings. The number of nitro benzene ring substituents is 1. The standard InChI is InChI=1S/C14H15F3N2O4/c15-14(16,17)11-8-10(1-2-12(11)19(21)22)18-13(20)7-9-3-5-23-6-4-9/h1-2,8-9H,3-7H2,(H,18,20). The van der Waals surface area contributed by atoms with Crippen LogP contribution in [0.2, 0.25) is 0 Å². The fourth-order valence-corrected chi connectivity index (χ4v) is 2.42. The molecular formula is C14H15F3N2O4. The number of nitrogens with one attached hydrogen (secondary N) is 1. The summed E-state index contributed by atoms with van der Waals surface area (Å²) in [7, 11) is 0. The molecule has 1 N–H and O–H groups in total. The Hall–Kier alpha value is -2.16. The molecule has 0 bridgehead atoms. The third-order valence-electron chi connectivity index (χ3n) is 3.60. The number of alkyl halides is 3. The first-order chi connectivity index (χ1) is 10.8. The Labute approximate surface area is 129 Å². The van der Waals surface area contributed by atoms with Crippen molar-refractivity contribution in [1.29, 1.82) is 0 Å². The van der Waals surface area contributed by atoms with Crippen LogP contribution >= 0.6 is 0 Å². The van der Waals surface area contributed by atoms with Gasteiger partial charge in [-0.25, -0.2) is 0 Å². The van der Waals surface area contributed by atoms with Gasteiger partial charge in [0, 0.05) is 31.4 Å². The van der Waals surface area contributed by atoms with Crippen molar-refractivity contribution in [2.75, 3.05) is 18.5 Å². The van der Waals surface area contributed by atoms with Gasteiger partial charge >= 0.3 is 6.18 Å². The Morgan fingerprint density at radius 2 is 2.00 bits per heavy atom. The molecule has 0 aliphatic carbocycles. The number of amides is 1. The third-order valence-corrected chi connectivity index (χ3v) is 3.60. The summed E-state index contributed by atoms with van der Waals surface area (Å²) in [5.41, 5.74) is -2.54. The Morgan fingerprint density at radius 3 is 2.57 bits per heavy atom. The van der Waals surface area contributed by atoms with Crippen LogP contribution in [-0.4, -0.2) is 24.0 Å². The van der Waals surface area contributed by atoms with Crippen molar-refractivity contribution >= 4 is 17.3 Å². The molecule has 0 aromatic heterocycles. The van der Waals surface area contributed by atoms with E-state index in [1.807, 2.05) is 0 Å². The van der Waals surface area contributed by atoms with E-state index in [0.717, 1.165) is 25.0 Å². The Kier molecular flexibility index (Phi) is 5.19. The molecule has 0 radical (unpaired) electrons. The molecule has 1 heterocycles. The average Bonchev–Trinajstić information content (AvgIpc) is 2.47. The van der Waals surface area contributed by atoms with E-state index in [1.165, 1.54) is 0 Å². The molecule has 0 spiro atoms. The first kappa shape index (κ1) is 17.2. The second-order valence-corrected chi connectivity index (χ2v) is 5.29. The highest BCUT2D eigenvalue weighted by Gasteiger charge is 2.38. The fourth-order valence-electron chi connectivity index (χ4n) is 2.42. The number of rotatable bonds is 4. The molecule has 9 heteroatoms. The summed E-state index contributed by atoms with van der Waals surface area (Å²) in [6.45, 7) is 1.13. The Bertz CT molecular complexity index is 598. The van der Waals surface area contributed by atoms with Crippen LogP contribution in [0.3, 0.4) is 0 Å². The molecule has 126 valence electrons. The van der Waals surface area contributed by atoms with Crippen LogP contribution in [0.15, 0.2) is 18.2 Å². The fraction of sp³-hybridized carbons (Fsp3) is 0.500. The van der Waals surface area contributed by atoms with Gasteiger partial charge in [0.05, 0.1) is 4.92 Å². The number of anilines is 1. The van der Waals surface area contributed by atoms with Gasteiger partial charge in [-0.1, -0.05) is 0 Å². The van der Waals surface area contributed by atoms with E-state index in [-0.39, 0.29) is 18.0 Å². The summed E-state index contributed by atoms with van der Waals surface area (Å²) in [5.74, 6) is -0.289. The van der Waals surface area contributed by atoms with Gasteiger partial charge in [-0.15, -0.1) is 0 Å². The molecule has 1 aromatic rings. The Morgan fingerprint density at radius 1 is 1.35 bits per heavy atom. The van der Waals surface area contributed by atoms with E-state index in [9.17, 15) is 28.1 Å². The smallest absolute Gasteiger partial charge is 0.381 e. The molecule has 2 rings (SSSR count). The predicted octanol–water partition coefficient (Wildman–Crippen LogP) is 3.37. The van der Waals surface area contributed by atoms with Gasteiger partial charge in [0.25, 0.3) is 5.69 Å². The lowest BCUT2D eigenvalue weighted by Crippen LogP contribution is -2.22. The maximum atomic E-state index is 12.9. The first-order valence-corrected chi connectivity index (χ1v) is 7.00. The quantitative estimate of drug-likeness (QED) is 0.677. The van der Waals surface area contributed by atoms with Crippen molar-refractivity contribution in [3.63, 3.8) is 0 Å². The number of halogens is 3. The van der Waals surface area contributed by atoms with Gasteiger partial charge in [0.2, 0.25) is 5.91 Å². The van der Waals surface area contributed by atoms with E-state index in [0.29, 0.717) is 19.3 Å². The minimum atomic E-state index is -4.87. The summed E-state index contributed by atoms with van der Waals surface area (Å²) in [6, 6.07) is 2.42. The summed E-state index contributed by atoms with van der Waals surface area (Å²) >= 11 is 0. The third kappa shape index (κ3) is 4.65. The van der Waals surface area contributed by atoms with E-state index in [1.54, 1.807) is 0 Å². The second kappa shape index (κ2) is 6.95. The predicted molar refractivity (Wildman–Crippen MR) is 74.9 cm³/mol. The lowest BCUT2D eigenvalue weighted by molar-refractivity contribution is -0.388. The van der Waals surface area contributed by atoms with Crippen molar-refractivity contribution in [2.45, 2.75) is 25.4 Å². The number of ether oxygens (including phenoxy) is 1. The highest BCUT2D eigenvalue weighted by Crippen LogP contribution is 2.37. The average molecular weight is 332 g/mol.